The number of fused-ring (bicyclic) bond motifs is 1. The Kier molecular flexibility index (Phi) is 4.67. The molecule has 0 fully saturated rings. The van der Waals surface area contributed by atoms with E-state index in [0.717, 1.165) is 16.8 Å². The third-order valence-electron chi connectivity index (χ3n) is 3.09. The molecular formula is C15H20N2O3S. The van der Waals surface area contributed by atoms with Gasteiger partial charge in [0, 0.05) is 0 Å². The summed E-state index contributed by atoms with van der Waals surface area (Å²) < 4.78 is 13.1. The highest BCUT2D eigenvalue weighted by atomic mass is 32.1. The lowest BCUT2D eigenvalue weighted by Crippen LogP contribution is -2.19. The number of aromatic amines is 1. The lowest BCUT2D eigenvalue weighted by atomic mass is 10.2. The number of para-hydroxylation sites is 1. The average Bonchev–Trinajstić information content (AvgIpc) is 2.75. The van der Waals surface area contributed by atoms with Crippen molar-refractivity contribution in [3.63, 3.8) is 0 Å². The lowest BCUT2D eigenvalue weighted by Gasteiger charge is -2.14. The Bertz CT molecular complexity index is 702. The van der Waals surface area contributed by atoms with Crippen molar-refractivity contribution in [2.75, 3.05) is 6.61 Å². The van der Waals surface area contributed by atoms with E-state index in [4.69, 9.17) is 21.7 Å². The van der Waals surface area contributed by atoms with Gasteiger partial charge in [0.1, 0.15) is 17.3 Å². The molecule has 0 aliphatic rings. The molecule has 1 atom stereocenters. The fourth-order valence-electron chi connectivity index (χ4n) is 2.23. The van der Waals surface area contributed by atoms with Crippen molar-refractivity contribution in [1.82, 2.24) is 9.55 Å². The van der Waals surface area contributed by atoms with Gasteiger partial charge < -0.3 is 19.0 Å². The van der Waals surface area contributed by atoms with Gasteiger partial charge in [-0.25, -0.2) is 4.79 Å². The van der Waals surface area contributed by atoms with E-state index in [1.54, 1.807) is 18.4 Å². The van der Waals surface area contributed by atoms with Crippen molar-refractivity contribution >= 4 is 29.2 Å². The summed E-state index contributed by atoms with van der Waals surface area (Å²) in [6.07, 6.45) is 0.0587. The van der Waals surface area contributed by atoms with Gasteiger partial charge in [0.25, 0.3) is 0 Å². The minimum atomic E-state index is -0.486. The van der Waals surface area contributed by atoms with E-state index in [2.05, 4.69) is 4.98 Å². The zero-order valence-electron chi connectivity index (χ0n) is 12.7. The first-order valence-corrected chi connectivity index (χ1v) is 7.43. The number of aromatic nitrogens is 2. The van der Waals surface area contributed by atoms with E-state index in [0.29, 0.717) is 11.4 Å². The minimum absolute atomic E-state index is 0.0587. The number of benzene rings is 1. The molecule has 2 aromatic rings. The molecular weight excluding hydrogens is 288 g/mol. The topological polar surface area (TPSA) is 56.2 Å². The van der Waals surface area contributed by atoms with Crippen molar-refractivity contribution in [2.45, 2.75) is 39.8 Å². The van der Waals surface area contributed by atoms with Gasteiger partial charge in [-0.1, -0.05) is 6.07 Å². The van der Waals surface area contributed by atoms with Gasteiger partial charge in [-0.15, -0.1) is 0 Å². The molecule has 2 rings (SSSR count). The number of nitrogens with zero attached hydrogens (tertiary/aromatic N) is 1. The molecule has 1 heterocycles. The highest BCUT2D eigenvalue weighted by Gasteiger charge is 2.20. The Labute approximate surface area is 128 Å². The number of imidazole rings is 1. The highest BCUT2D eigenvalue weighted by Crippen LogP contribution is 2.28. The Balaban J connectivity index is 2.53. The Hall–Kier alpha value is -1.82. The smallest absolute Gasteiger partial charge is 0.328 e. The lowest BCUT2D eigenvalue weighted by molar-refractivity contribution is -0.146. The minimum Gasteiger partial charge on any atom is -0.489 e. The van der Waals surface area contributed by atoms with Crippen LogP contribution in [0.2, 0.25) is 0 Å². The number of ether oxygens (including phenoxy) is 2. The second kappa shape index (κ2) is 6.30. The van der Waals surface area contributed by atoms with Crippen molar-refractivity contribution < 1.29 is 14.3 Å². The van der Waals surface area contributed by atoms with Crippen molar-refractivity contribution in [2.24, 2.45) is 0 Å². The molecule has 1 N–H and O–H groups in total. The van der Waals surface area contributed by atoms with Crippen LogP contribution >= 0.6 is 12.2 Å². The van der Waals surface area contributed by atoms with Crippen LogP contribution in [0.1, 0.15) is 33.7 Å². The molecule has 0 saturated carbocycles. The molecule has 0 saturated heterocycles. The van der Waals surface area contributed by atoms with E-state index in [9.17, 15) is 4.79 Å². The summed E-state index contributed by atoms with van der Waals surface area (Å²) in [4.78, 5) is 15.1. The Morgan fingerprint density at radius 3 is 2.71 bits per heavy atom. The molecule has 5 nitrogen and oxygen atoms in total. The number of esters is 1. The number of carbonyl (C=O) groups is 1. The van der Waals surface area contributed by atoms with Gasteiger partial charge in [-0.2, -0.15) is 0 Å². The monoisotopic (exact) mass is 308 g/mol. The van der Waals surface area contributed by atoms with Crippen LogP contribution in [0.3, 0.4) is 0 Å². The first kappa shape index (κ1) is 15.6. The maximum atomic E-state index is 12.0. The normalized spacial score (nSPS) is 12.6. The van der Waals surface area contributed by atoms with Crippen LogP contribution < -0.4 is 4.74 Å². The van der Waals surface area contributed by atoms with Gasteiger partial charge in [-0.05, 0) is 52.0 Å². The van der Waals surface area contributed by atoms with Gasteiger partial charge >= 0.3 is 5.97 Å². The average molecular weight is 308 g/mol. The van der Waals surface area contributed by atoms with Crippen LogP contribution in [0.5, 0.6) is 5.75 Å². The molecule has 1 aromatic heterocycles. The molecule has 0 aliphatic carbocycles. The van der Waals surface area contributed by atoms with Crippen LogP contribution in [0.25, 0.3) is 11.0 Å². The summed E-state index contributed by atoms with van der Waals surface area (Å²) in [5.41, 5.74) is 1.63. The largest absolute Gasteiger partial charge is 0.489 e. The number of H-pyrrole nitrogens is 1. The van der Waals surface area contributed by atoms with Crippen LogP contribution in [0.15, 0.2) is 18.2 Å². The maximum Gasteiger partial charge on any atom is 0.328 e. The number of nitrogens with one attached hydrogen (secondary N) is 1. The molecule has 0 radical (unpaired) electrons. The fraction of sp³-hybridized carbons (Fsp3) is 0.467. The SMILES string of the molecule is CCOC(=O)C(C)n1c(=S)[nH]c2c(OC(C)C)cccc21. The van der Waals surface area contributed by atoms with Crippen LogP contribution in [-0.4, -0.2) is 28.2 Å². The quantitative estimate of drug-likeness (QED) is 0.677. The number of carbonyl (C=O) groups excluding carboxylic acids is 1. The summed E-state index contributed by atoms with van der Waals surface area (Å²) in [7, 11) is 0. The molecule has 21 heavy (non-hydrogen) atoms. The zero-order valence-corrected chi connectivity index (χ0v) is 13.5. The Morgan fingerprint density at radius 2 is 2.10 bits per heavy atom. The van der Waals surface area contributed by atoms with E-state index in [-0.39, 0.29) is 12.1 Å². The summed E-state index contributed by atoms with van der Waals surface area (Å²) in [6, 6.07) is 5.19. The van der Waals surface area contributed by atoms with Crippen molar-refractivity contribution in [1.29, 1.82) is 0 Å². The van der Waals surface area contributed by atoms with Gasteiger partial charge in [0.2, 0.25) is 0 Å². The fourth-order valence-corrected chi connectivity index (χ4v) is 2.59. The van der Waals surface area contributed by atoms with Crippen LogP contribution in [0, 0.1) is 4.77 Å². The van der Waals surface area contributed by atoms with Crippen molar-refractivity contribution in [3.8, 4) is 5.75 Å². The molecule has 0 bridgehead atoms. The van der Waals surface area contributed by atoms with Crippen LogP contribution in [-0.2, 0) is 9.53 Å². The summed E-state index contributed by atoms with van der Waals surface area (Å²) in [6.45, 7) is 7.84. The summed E-state index contributed by atoms with van der Waals surface area (Å²) in [5, 5.41) is 0. The maximum absolute atomic E-state index is 12.0. The zero-order chi connectivity index (χ0) is 15.6. The van der Waals surface area contributed by atoms with Gasteiger partial charge in [0.05, 0.1) is 18.2 Å². The Morgan fingerprint density at radius 1 is 1.38 bits per heavy atom. The number of rotatable bonds is 5. The number of hydrogen-bond donors (Lipinski definition) is 1. The van der Waals surface area contributed by atoms with E-state index in [1.807, 2.05) is 32.0 Å². The van der Waals surface area contributed by atoms with Gasteiger partial charge in [-0.3, -0.25) is 0 Å². The van der Waals surface area contributed by atoms with Crippen LogP contribution in [0.4, 0.5) is 0 Å². The third kappa shape index (κ3) is 3.10. The molecule has 1 aromatic carbocycles. The molecule has 0 amide bonds. The van der Waals surface area contributed by atoms with Gasteiger partial charge in [0.15, 0.2) is 4.77 Å². The van der Waals surface area contributed by atoms with E-state index < -0.39 is 6.04 Å². The summed E-state index contributed by atoms with van der Waals surface area (Å²) in [5.74, 6) is 0.424. The number of hydrogen-bond acceptors (Lipinski definition) is 4. The second-order valence-corrected chi connectivity index (χ2v) is 5.43. The van der Waals surface area contributed by atoms with Crippen molar-refractivity contribution in [3.05, 3.63) is 23.0 Å². The third-order valence-corrected chi connectivity index (χ3v) is 3.39. The first-order chi connectivity index (χ1) is 9.95. The summed E-state index contributed by atoms with van der Waals surface area (Å²) >= 11 is 5.35. The standard InChI is InChI=1S/C15H20N2O3S/c1-5-19-14(18)10(4)17-11-7-6-8-12(20-9(2)3)13(11)16-15(17)21/h6-10H,5H2,1-4H3,(H,16,21). The molecule has 1 unspecified atom stereocenters. The predicted octanol–water partition coefficient (Wildman–Crippen LogP) is 3.61. The first-order valence-electron chi connectivity index (χ1n) is 7.02. The molecule has 0 aliphatic heterocycles. The molecule has 6 heteroatoms. The highest BCUT2D eigenvalue weighted by molar-refractivity contribution is 7.71. The molecule has 114 valence electrons. The molecule has 0 spiro atoms. The van der Waals surface area contributed by atoms with E-state index in [1.165, 1.54) is 0 Å². The second-order valence-electron chi connectivity index (χ2n) is 5.05. The predicted molar refractivity (Wildman–Crippen MR) is 84.2 cm³/mol. The van der Waals surface area contributed by atoms with E-state index >= 15 is 0 Å².